The quantitative estimate of drug-likeness (QED) is 0.540. The van der Waals surface area contributed by atoms with Gasteiger partial charge in [-0.3, -0.25) is 9.55 Å². The molecule has 1 aliphatic heterocycles. The standard InChI is InChI=1S/C10H12F2N2O5S/c1-9(18)6(16)10(12,3-15)19-7(9)14-2-4(11)5(20)13-8(14)17/h2,6-7,15-16,18H,3H2,1H3,(H,13,17,20). The summed E-state index contributed by atoms with van der Waals surface area (Å²) in [5.74, 6) is -3.97. The second-order valence-corrected chi connectivity index (χ2v) is 5.09. The molecule has 112 valence electrons. The third-order valence-corrected chi connectivity index (χ3v) is 3.46. The first-order chi connectivity index (χ1) is 9.13. The van der Waals surface area contributed by atoms with Gasteiger partial charge >= 0.3 is 5.69 Å². The summed E-state index contributed by atoms with van der Waals surface area (Å²) in [6.45, 7) is -0.258. The average Bonchev–Trinajstić information content (AvgIpc) is 2.56. The summed E-state index contributed by atoms with van der Waals surface area (Å²) in [6, 6.07) is 0. The molecule has 1 aliphatic rings. The Hall–Kier alpha value is -1.20. The van der Waals surface area contributed by atoms with Crippen LogP contribution in [0.15, 0.2) is 11.0 Å². The maximum absolute atomic E-state index is 14.1. The molecule has 20 heavy (non-hydrogen) atoms. The SMILES string of the molecule is CC1(O)C(n2cc(F)c(=S)[nH]c2=O)OC(F)(CO)C1O. The zero-order valence-electron chi connectivity index (χ0n) is 10.2. The zero-order valence-corrected chi connectivity index (χ0v) is 11.0. The van der Waals surface area contributed by atoms with Crippen molar-refractivity contribution in [3.63, 3.8) is 0 Å². The summed E-state index contributed by atoms with van der Waals surface area (Å²) in [5.41, 5.74) is -3.24. The second-order valence-electron chi connectivity index (χ2n) is 4.69. The van der Waals surface area contributed by atoms with Gasteiger partial charge in [0.1, 0.15) is 23.0 Å². The van der Waals surface area contributed by atoms with Crippen LogP contribution in [0.1, 0.15) is 13.2 Å². The third kappa shape index (κ3) is 2.09. The van der Waals surface area contributed by atoms with E-state index in [0.29, 0.717) is 10.8 Å². The summed E-state index contributed by atoms with van der Waals surface area (Å²) in [6.07, 6.45) is -3.26. The molecule has 2 heterocycles. The van der Waals surface area contributed by atoms with Gasteiger partial charge in [0.05, 0.1) is 6.20 Å². The van der Waals surface area contributed by atoms with Gasteiger partial charge in [0, 0.05) is 0 Å². The van der Waals surface area contributed by atoms with Crippen LogP contribution in [0.3, 0.4) is 0 Å². The molecule has 0 radical (unpaired) electrons. The number of aliphatic hydroxyl groups excluding tert-OH is 2. The molecule has 1 aromatic heterocycles. The van der Waals surface area contributed by atoms with Crippen LogP contribution >= 0.6 is 12.2 Å². The minimum absolute atomic E-state index is 0.460. The average molecular weight is 310 g/mol. The highest BCUT2D eigenvalue weighted by molar-refractivity contribution is 7.71. The summed E-state index contributed by atoms with van der Waals surface area (Å²) in [4.78, 5) is 13.7. The Balaban J connectivity index is 2.57. The molecule has 0 bridgehead atoms. The molecule has 0 spiro atoms. The molecule has 4 unspecified atom stereocenters. The van der Waals surface area contributed by atoms with E-state index in [-0.39, 0.29) is 0 Å². The third-order valence-electron chi connectivity index (χ3n) is 3.16. The largest absolute Gasteiger partial charge is 0.390 e. The minimum Gasteiger partial charge on any atom is -0.390 e. The zero-order chi connectivity index (χ0) is 15.3. The maximum atomic E-state index is 14.1. The Morgan fingerprint density at radius 2 is 2.25 bits per heavy atom. The van der Waals surface area contributed by atoms with Crippen molar-refractivity contribution in [3.05, 3.63) is 27.1 Å². The van der Waals surface area contributed by atoms with E-state index in [1.54, 1.807) is 0 Å². The van der Waals surface area contributed by atoms with Crippen LogP contribution in [0.2, 0.25) is 0 Å². The molecule has 7 nitrogen and oxygen atoms in total. The van der Waals surface area contributed by atoms with Crippen LogP contribution in [0.4, 0.5) is 8.78 Å². The van der Waals surface area contributed by atoms with Gasteiger partial charge in [-0.2, -0.15) is 0 Å². The van der Waals surface area contributed by atoms with Crippen molar-refractivity contribution in [3.8, 4) is 0 Å². The number of aliphatic hydroxyl groups is 3. The monoisotopic (exact) mass is 310 g/mol. The predicted octanol–water partition coefficient (Wildman–Crippen LogP) is -0.656. The number of halogens is 2. The van der Waals surface area contributed by atoms with Crippen LogP contribution in [0, 0.1) is 10.5 Å². The normalized spacial score (nSPS) is 37.3. The molecule has 1 saturated heterocycles. The van der Waals surface area contributed by atoms with Gasteiger partial charge in [0.2, 0.25) is 0 Å². The number of nitrogens with zero attached hydrogens (tertiary/aromatic N) is 1. The number of ether oxygens (including phenoxy) is 1. The number of nitrogens with one attached hydrogen (secondary N) is 1. The Morgan fingerprint density at radius 1 is 1.65 bits per heavy atom. The van der Waals surface area contributed by atoms with Crippen molar-refractivity contribution < 1.29 is 28.8 Å². The van der Waals surface area contributed by atoms with Crippen molar-refractivity contribution in [2.45, 2.75) is 30.7 Å². The van der Waals surface area contributed by atoms with E-state index in [4.69, 9.17) is 9.84 Å². The number of aromatic amines is 1. The fourth-order valence-electron chi connectivity index (χ4n) is 2.04. The second kappa shape index (κ2) is 4.67. The lowest BCUT2D eigenvalue weighted by atomic mass is 9.95. The Bertz CT molecular complexity index is 645. The minimum atomic E-state index is -2.98. The van der Waals surface area contributed by atoms with Gasteiger partial charge in [-0.05, 0) is 6.92 Å². The van der Waals surface area contributed by atoms with Gasteiger partial charge < -0.3 is 20.1 Å². The summed E-state index contributed by atoms with van der Waals surface area (Å²) < 4.78 is 32.2. The van der Waals surface area contributed by atoms with Crippen molar-refractivity contribution in [2.24, 2.45) is 0 Å². The first-order valence-electron chi connectivity index (χ1n) is 5.52. The van der Waals surface area contributed by atoms with E-state index in [1.165, 1.54) is 0 Å². The Kier molecular flexibility index (Phi) is 3.55. The van der Waals surface area contributed by atoms with Crippen molar-refractivity contribution in [1.29, 1.82) is 0 Å². The fourth-order valence-corrected chi connectivity index (χ4v) is 2.18. The fraction of sp³-hybridized carbons (Fsp3) is 0.600. The van der Waals surface area contributed by atoms with Crippen LogP contribution in [-0.4, -0.2) is 49.0 Å². The Labute approximate surface area is 116 Å². The molecule has 0 amide bonds. The topological polar surface area (TPSA) is 108 Å². The highest BCUT2D eigenvalue weighted by Gasteiger charge is 2.62. The molecule has 4 N–H and O–H groups in total. The summed E-state index contributed by atoms with van der Waals surface area (Å²) in [7, 11) is 0. The van der Waals surface area contributed by atoms with Crippen LogP contribution in [0.5, 0.6) is 0 Å². The van der Waals surface area contributed by atoms with E-state index in [0.717, 1.165) is 6.92 Å². The summed E-state index contributed by atoms with van der Waals surface area (Å²) in [5, 5.41) is 28.7. The van der Waals surface area contributed by atoms with E-state index in [2.05, 4.69) is 12.2 Å². The molecular weight excluding hydrogens is 298 g/mol. The molecule has 4 atom stereocenters. The maximum Gasteiger partial charge on any atom is 0.328 e. The first-order valence-corrected chi connectivity index (χ1v) is 5.93. The molecule has 2 rings (SSSR count). The van der Waals surface area contributed by atoms with E-state index >= 15 is 0 Å². The highest BCUT2D eigenvalue weighted by Crippen LogP contribution is 2.44. The smallest absolute Gasteiger partial charge is 0.328 e. The van der Waals surface area contributed by atoms with E-state index in [1.807, 2.05) is 4.98 Å². The molecule has 0 aliphatic carbocycles. The Morgan fingerprint density at radius 3 is 2.75 bits per heavy atom. The van der Waals surface area contributed by atoms with Gasteiger partial charge in [-0.15, -0.1) is 0 Å². The number of hydrogen-bond donors (Lipinski definition) is 4. The number of hydrogen-bond acceptors (Lipinski definition) is 6. The lowest BCUT2D eigenvalue weighted by Gasteiger charge is -2.27. The van der Waals surface area contributed by atoms with Crippen LogP contribution in [-0.2, 0) is 4.74 Å². The lowest BCUT2D eigenvalue weighted by Crippen LogP contribution is -2.49. The molecule has 0 saturated carbocycles. The van der Waals surface area contributed by atoms with Gasteiger partial charge in [-0.1, -0.05) is 12.2 Å². The lowest BCUT2D eigenvalue weighted by molar-refractivity contribution is -0.207. The molecule has 0 aromatic carbocycles. The highest BCUT2D eigenvalue weighted by atomic mass is 32.1. The van der Waals surface area contributed by atoms with Gasteiger partial charge in [0.15, 0.2) is 12.0 Å². The number of H-pyrrole nitrogens is 1. The summed E-state index contributed by atoms with van der Waals surface area (Å²) >= 11 is 4.51. The number of alkyl halides is 1. The van der Waals surface area contributed by atoms with Gasteiger partial charge in [-0.25, -0.2) is 13.6 Å². The van der Waals surface area contributed by atoms with Crippen LogP contribution < -0.4 is 5.69 Å². The van der Waals surface area contributed by atoms with Crippen molar-refractivity contribution >= 4 is 12.2 Å². The van der Waals surface area contributed by atoms with Crippen LogP contribution in [0.25, 0.3) is 0 Å². The molecule has 10 heteroatoms. The number of aromatic nitrogens is 2. The van der Waals surface area contributed by atoms with Crippen molar-refractivity contribution in [2.75, 3.05) is 6.61 Å². The number of rotatable bonds is 2. The molecular formula is C10H12F2N2O5S. The molecule has 1 fully saturated rings. The van der Waals surface area contributed by atoms with E-state index in [9.17, 15) is 23.8 Å². The van der Waals surface area contributed by atoms with Gasteiger partial charge in [0.25, 0.3) is 5.85 Å². The predicted molar refractivity (Wildman–Crippen MR) is 63.5 cm³/mol. The van der Waals surface area contributed by atoms with E-state index < -0.39 is 46.5 Å². The molecule has 1 aromatic rings. The first kappa shape index (κ1) is 15.2. The van der Waals surface area contributed by atoms with Crippen molar-refractivity contribution in [1.82, 2.24) is 9.55 Å².